The van der Waals surface area contributed by atoms with Gasteiger partial charge in [-0.15, -0.1) is 0 Å². The molecule has 0 saturated carbocycles. The van der Waals surface area contributed by atoms with Gasteiger partial charge in [0, 0.05) is 12.8 Å². The molecule has 0 aliphatic carbocycles. The van der Waals surface area contributed by atoms with Crippen molar-refractivity contribution < 1.29 is 37.3 Å². The lowest BCUT2D eigenvalue weighted by atomic mass is 10.0. The third-order valence-electron chi connectivity index (χ3n) is 16.9. The highest BCUT2D eigenvalue weighted by Gasteiger charge is 2.27. The molecule has 0 rings (SSSR count). The Balaban J connectivity index is 4.98. The van der Waals surface area contributed by atoms with Gasteiger partial charge in [0.15, 0.2) is 0 Å². The first kappa shape index (κ1) is 85.5. The highest BCUT2D eigenvalue weighted by molar-refractivity contribution is 7.45. The summed E-state index contributed by atoms with van der Waals surface area (Å²) in [6, 6.07) is -0.897. The molecule has 0 saturated heterocycles. The number of carbonyl (C=O) groups excluding carboxylic acids is 2. The van der Waals surface area contributed by atoms with E-state index < -0.39 is 26.6 Å². The number of phosphoric ester groups is 1. The summed E-state index contributed by atoms with van der Waals surface area (Å²) in [5, 5.41) is 3.04. The number of hydrogen-bond acceptors (Lipinski definition) is 7. The highest BCUT2D eigenvalue weighted by atomic mass is 31.2. The Hall–Kier alpha value is -2.55. The molecule has 0 aromatic heterocycles. The van der Waals surface area contributed by atoms with Crippen molar-refractivity contribution in [2.24, 2.45) is 0 Å². The zero-order valence-electron chi connectivity index (χ0n) is 58.9. The molecule has 1 amide bonds. The SMILES string of the molecule is CC/C=C\C/C=C\C/C=C\C/C=C\C/C=C\CCCCCCCCCC(=O)NC(COP(=O)([O-])OCC[N+](C)(C)C)C(/C=C/CCCCCCCCCCCC)OC(=O)CCCCCCCCCCCCCCCCCCCCCCCCCCCCC. The predicted octanol–water partition coefficient (Wildman–Crippen LogP) is 23.7. The Kier molecular flexibility index (Phi) is 65.4. The topological polar surface area (TPSA) is 114 Å². The molecular weight excluding hydrogens is 1110 g/mol. The lowest BCUT2D eigenvalue weighted by Crippen LogP contribution is -2.47. The zero-order valence-corrected chi connectivity index (χ0v) is 59.8. The maximum absolute atomic E-state index is 13.6. The van der Waals surface area contributed by atoms with Crippen LogP contribution < -0.4 is 10.2 Å². The van der Waals surface area contributed by atoms with E-state index in [1.807, 2.05) is 33.3 Å². The van der Waals surface area contributed by atoms with E-state index in [9.17, 15) is 19.0 Å². The first-order valence-electron chi connectivity index (χ1n) is 37.7. The smallest absolute Gasteiger partial charge is 0.306 e. The number of esters is 1. The van der Waals surface area contributed by atoms with Gasteiger partial charge in [-0.25, -0.2) is 0 Å². The van der Waals surface area contributed by atoms with Crippen LogP contribution in [0.3, 0.4) is 0 Å². The van der Waals surface area contributed by atoms with Crippen molar-refractivity contribution >= 4 is 19.7 Å². The van der Waals surface area contributed by atoms with Crippen LogP contribution in [0, 0.1) is 0 Å². The fraction of sp³-hybridized carbons (Fsp3) is 0.821. The van der Waals surface area contributed by atoms with Crippen LogP contribution in [0.2, 0.25) is 0 Å². The van der Waals surface area contributed by atoms with Crippen molar-refractivity contribution in [2.45, 2.75) is 373 Å². The molecule has 0 fully saturated rings. The summed E-state index contributed by atoms with van der Waals surface area (Å²) in [6.45, 7) is 6.77. The van der Waals surface area contributed by atoms with Crippen LogP contribution in [0.1, 0.15) is 361 Å². The quantitative estimate of drug-likeness (QED) is 0.0212. The van der Waals surface area contributed by atoms with E-state index in [1.165, 1.54) is 225 Å². The minimum absolute atomic E-state index is 0.0254. The number of rotatable bonds is 69. The largest absolute Gasteiger partial charge is 0.756 e. The third-order valence-corrected chi connectivity index (χ3v) is 17.9. The molecule has 9 nitrogen and oxygen atoms in total. The van der Waals surface area contributed by atoms with Gasteiger partial charge in [0.2, 0.25) is 5.91 Å². The third kappa shape index (κ3) is 67.8. The number of unbranched alkanes of at least 4 members (excludes halogenated alkanes) is 43. The summed E-state index contributed by atoms with van der Waals surface area (Å²) in [5.74, 6) is -0.540. The van der Waals surface area contributed by atoms with Gasteiger partial charge in [0.1, 0.15) is 19.3 Å². The Labute approximate surface area is 546 Å². The van der Waals surface area contributed by atoms with Crippen LogP contribution in [-0.2, 0) is 27.9 Å². The van der Waals surface area contributed by atoms with E-state index in [0.29, 0.717) is 17.4 Å². The molecule has 3 atom stereocenters. The van der Waals surface area contributed by atoms with E-state index in [1.54, 1.807) is 0 Å². The molecule has 0 radical (unpaired) electrons. The van der Waals surface area contributed by atoms with Gasteiger partial charge in [0.25, 0.3) is 7.82 Å². The van der Waals surface area contributed by atoms with Crippen molar-refractivity contribution in [3.8, 4) is 0 Å². The van der Waals surface area contributed by atoms with Crippen molar-refractivity contribution in [3.63, 3.8) is 0 Å². The van der Waals surface area contributed by atoms with Gasteiger partial charge in [0.05, 0.1) is 33.8 Å². The average Bonchev–Trinajstić information content (AvgIpc) is 3.53. The van der Waals surface area contributed by atoms with Crippen molar-refractivity contribution in [1.82, 2.24) is 5.32 Å². The molecule has 0 aromatic carbocycles. The molecule has 0 heterocycles. The van der Waals surface area contributed by atoms with Crippen LogP contribution in [0.5, 0.6) is 0 Å². The van der Waals surface area contributed by atoms with Crippen LogP contribution in [0.25, 0.3) is 0 Å². The number of nitrogens with one attached hydrogen (secondary N) is 1. The second-order valence-electron chi connectivity index (χ2n) is 26.8. The number of nitrogens with zero attached hydrogens (tertiary/aromatic N) is 1. The number of ether oxygens (including phenoxy) is 1. The van der Waals surface area contributed by atoms with E-state index in [2.05, 4.69) is 86.8 Å². The van der Waals surface area contributed by atoms with Crippen LogP contribution in [0.4, 0.5) is 0 Å². The number of phosphoric acid groups is 1. The number of carbonyl (C=O) groups is 2. The van der Waals surface area contributed by atoms with Crippen molar-refractivity contribution in [1.29, 1.82) is 0 Å². The fourth-order valence-electron chi connectivity index (χ4n) is 11.1. The van der Waals surface area contributed by atoms with Gasteiger partial charge in [-0.1, -0.05) is 344 Å². The van der Waals surface area contributed by atoms with Gasteiger partial charge in [-0.2, -0.15) is 0 Å². The van der Waals surface area contributed by atoms with E-state index in [0.717, 1.165) is 103 Å². The van der Waals surface area contributed by atoms with E-state index >= 15 is 0 Å². The number of allylic oxidation sites excluding steroid dienone is 11. The van der Waals surface area contributed by atoms with Gasteiger partial charge in [-0.3, -0.25) is 14.2 Å². The molecule has 1 N–H and O–H groups in total. The Morgan fingerprint density at radius 3 is 1.09 bits per heavy atom. The summed E-state index contributed by atoms with van der Waals surface area (Å²) in [4.78, 5) is 40.3. The molecule has 3 unspecified atom stereocenters. The molecule has 0 spiro atoms. The van der Waals surface area contributed by atoms with E-state index in [-0.39, 0.29) is 24.9 Å². The number of amides is 1. The minimum Gasteiger partial charge on any atom is -0.756 e. The molecule has 514 valence electrons. The summed E-state index contributed by atoms with van der Waals surface area (Å²) < 4.78 is 30.5. The second kappa shape index (κ2) is 67.3. The number of likely N-dealkylation sites (N-methyl/N-ethyl adjacent to an activating group) is 1. The minimum atomic E-state index is -4.71. The molecule has 0 aliphatic rings. The maximum atomic E-state index is 13.6. The molecular formula is C78H145N2O7P. The first-order chi connectivity index (χ1) is 42.9. The summed E-state index contributed by atoms with van der Waals surface area (Å²) in [6.07, 6.45) is 89.0. The van der Waals surface area contributed by atoms with Crippen LogP contribution >= 0.6 is 7.82 Å². The first-order valence-corrected chi connectivity index (χ1v) is 39.2. The predicted molar refractivity (Wildman–Crippen MR) is 381 cm³/mol. The normalized spacial score (nSPS) is 13.9. The summed E-state index contributed by atoms with van der Waals surface area (Å²) in [7, 11) is 1.18. The molecule has 0 bridgehead atoms. The van der Waals surface area contributed by atoms with Crippen molar-refractivity contribution in [3.05, 3.63) is 72.9 Å². The molecule has 0 aromatic rings. The van der Waals surface area contributed by atoms with Gasteiger partial charge >= 0.3 is 5.97 Å². The highest BCUT2D eigenvalue weighted by Crippen LogP contribution is 2.38. The molecule has 0 aliphatic heterocycles. The number of hydrogen-bond donors (Lipinski definition) is 1. The lowest BCUT2D eigenvalue weighted by molar-refractivity contribution is -0.870. The van der Waals surface area contributed by atoms with Crippen molar-refractivity contribution in [2.75, 3.05) is 40.9 Å². The lowest BCUT2D eigenvalue weighted by Gasteiger charge is -2.30. The second-order valence-corrected chi connectivity index (χ2v) is 28.2. The zero-order chi connectivity index (χ0) is 64.2. The Bertz CT molecular complexity index is 1730. The summed E-state index contributed by atoms with van der Waals surface area (Å²) >= 11 is 0. The van der Waals surface area contributed by atoms with Gasteiger partial charge in [-0.05, 0) is 76.7 Å². The number of quaternary nitrogens is 1. The summed E-state index contributed by atoms with van der Waals surface area (Å²) in [5.41, 5.74) is 0. The standard InChI is InChI=1S/C78H145N2O7P/c1-7-10-13-16-19-22-25-28-30-32-34-36-38-39-40-41-43-45-47-49-51-53-56-59-62-65-68-71-78(82)87-76(69-66-63-60-57-54-27-24-21-18-15-12-9-3)75(74-86-88(83,84)85-73-72-80(4,5)6)79-77(81)70-67-64-61-58-55-52-50-48-46-44-42-37-35-33-31-29-26-23-20-17-14-11-8-2/h11,14,20,23,29,31,35,37,44,46,66,69,75-76H,7-10,12-13,15-19,21-22,24-28,30,32-34,36,38-43,45,47-65,67-68,70-74H2,1-6H3,(H-,79,81,83,84)/b14-11-,23-20-,31-29-,37-35-,46-44-,69-66+. The molecule has 88 heavy (non-hydrogen) atoms. The Morgan fingerprint density at radius 1 is 0.409 bits per heavy atom. The fourth-order valence-corrected chi connectivity index (χ4v) is 11.9. The van der Waals surface area contributed by atoms with Crippen LogP contribution in [-0.4, -0.2) is 69.4 Å². The van der Waals surface area contributed by atoms with Crippen LogP contribution in [0.15, 0.2) is 72.9 Å². The maximum Gasteiger partial charge on any atom is 0.306 e. The molecule has 10 heteroatoms. The Morgan fingerprint density at radius 2 is 0.727 bits per heavy atom. The monoisotopic (exact) mass is 1250 g/mol. The van der Waals surface area contributed by atoms with E-state index in [4.69, 9.17) is 13.8 Å². The average molecular weight is 1250 g/mol. The van der Waals surface area contributed by atoms with Gasteiger partial charge < -0.3 is 28.5 Å².